The van der Waals surface area contributed by atoms with E-state index in [1.807, 2.05) is 0 Å². The predicted octanol–water partition coefficient (Wildman–Crippen LogP) is 5.58. The maximum Gasteiger partial charge on any atom is 0.0869 e. The highest BCUT2D eigenvalue weighted by atomic mass is 79.9. The van der Waals surface area contributed by atoms with Gasteiger partial charge in [0.25, 0.3) is 0 Å². The van der Waals surface area contributed by atoms with Crippen LogP contribution in [-0.4, -0.2) is 6.47 Å². The van der Waals surface area contributed by atoms with E-state index < -0.39 is 0 Å². The van der Waals surface area contributed by atoms with Gasteiger partial charge in [-0.3, -0.25) is 0 Å². The molecule has 0 aromatic carbocycles. The van der Waals surface area contributed by atoms with E-state index in [-0.39, 0.29) is 6.47 Å². The van der Waals surface area contributed by atoms with E-state index in [1.165, 1.54) is 25.7 Å². The van der Waals surface area contributed by atoms with E-state index in [0.717, 1.165) is 23.7 Å². The fourth-order valence-corrected chi connectivity index (χ4v) is 8.73. The van der Waals surface area contributed by atoms with Gasteiger partial charge in [0.2, 0.25) is 0 Å². The molecule has 0 aliphatic heterocycles. The monoisotopic (exact) mass is 498 g/mol. The highest BCUT2D eigenvalue weighted by molar-refractivity contribution is 9.26. The van der Waals surface area contributed by atoms with Gasteiger partial charge in [0.05, 0.1) is 6.47 Å². The molecule has 0 aromatic heterocycles. The van der Waals surface area contributed by atoms with Crippen LogP contribution in [0.3, 0.4) is 0 Å². The van der Waals surface area contributed by atoms with Gasteiger partial charge < -0.3 is 0 Å². The molecule has 0 radical (unpaired) electrons. The second kappa shape index (κ2) is 3.05. The van der Waals surface area contributed by atoms with Crippen LogP contribution >= 0.6 is 63.7 Å². The Hall–Kier alpha value is 1.66. The number of alkyl halides is 4. The molecular weight excluding hydrogens is 488 g/mol. The number of allylic oxidation sites excluding steroid dienone is 2. The lowest BCUT2D eigenvalue weighted by Gasteiger charge is -2.59. The van der Waals surface area contributed by atoms with Crippen LogP contribution in [0.25, 0.3) is 0 Å². The van der Waals surface area contributed by atoms with Gasteiger partial charge in [-0.05, 0) is 60.2 Å². The lowest BCUT2D eigenvalue weighted by atomic mass is 9.44. The van der Waals surface area contributed by atoms with Crippen molar-refractivity contribution in [2.24, 2.45) is 34.5 Å². The molecule has 5 rings (SSSR count). The summed E-state index contributed by atoms with van der Waals surface area (Å²) in [6.45, 7) is 0. The lowest BCUT2D eigenvalue weighted by molar-refractivity contribution is -0.0139. The standard InChI is InChI=1S/C14H14Br4/c15-13(16)7-3-11-1-2-12(11,5-9(7)13)6-10-8(4-11)14(10,17)18/h1-2,7-10H,3-6H2/t7-,8-,9-,10+,11?,12?/m1/s1. The van der Waals surface area contributed by atoms with Gasteiger partial charge in [-0.2, -0.15) is 0 Å². The Labute approximate surface area is 141 Å². The van der Waals surface area contributed by atoms with Gasteiger partial charge in [-0.25, -0.2) is 0 Å². The number of hydrogen-bond donors (Lipinski definition) is 0. The van der Waals surface area contributed by atoms with E-state index in [4.69, 9.17) is 0 Å². The second-order valence-corrected chi connectivity index (χ2v) is 14.6. The van der Waals surface area contributed by atoms with Crippen LogP contribution in [0.15, 0.2) is 12.2 Å². The Morgan fingerprint density at radius 2 is 0.889 bits per heavy atom. The van der Waals surface area contributed by atoms with Gasteiger partial charge in [0.15, 0.2) is 0 Å². The van der Waals surface area contributed by atoms with Crippen LogP contribution in [0.4, 0.5) is 0 Å². The molecule has 18 heavy (non-hydrogen) atoms. The molecular formula is C14H14Br4. The third-order valence-corrected chi connectivity index (χ3v) is 11.5. The average molecular weight is 502 g/mol. The minimum absolute atomic E-state index is 0.271. The highest BCUT2D eigenvalue weighted by Crippen LogP contribution is 2.85. The molecule has 0 nitrogen and oxygen atoms in total. The van der Waals surface area contributed by atoms with Gasteiger partial charge in [0, 0.05) is 0 Å². The quantitative estimate of drug-likeness (QED) is 0.300. The van der Waals surface area contributed by atoms with Crippen molar-refractivity contribution in [3.8, 4) is 0 Å². The fraction of sp³-hybridized carbons (Fsp3) is 0.857. The van der Waals surface area contributed by atoms with E-state index in [1.54, 1.807) is 0 Å². The van der Waals surface area contributed by atoms with Crippen molar-refractivity contribution in [3.05, 3.63) is 12.2 Å². The van der Waals surface area contributed by atoms with Gasteiger partial charge in [-0.15, -0.1) is 0 Å². The maximum atomic E-state index is 3.91. The molecule has 0 heterocycles. The third kappa shape index (κ3) is 1.14. The Morgan fingerprint density at radius 3 is 1.11 bits per heavy atom. The molecule has 5 aliphatic carbocycles. The van der Waals surface area contributed by atoms with Gasteiger partial charge in [-0.1, -0.05) is 75.9 Å². The molecule has 0 spiro atoms. The maximum absolute atomic E-state index is 3.91. The summed E-state index contributed by atoms with van der Waals surface area (Å²) in [5, 5.41) is 0. The van der Waals surface area contributed by atoms with Gasteiger partial charge in [0.1, 0.15) is 0 Å². The summed E-state index contributed by atoms with van der Waals surface area (Å²) in [4.78, 5) is 0. The molecule has 0 amide bonds. The molecule has 4 saturated carbocycles. The summed E-state index contributed by atoms with van der Waals surface area (Å²) in [6, 6.07) is 0. The topological polar surface area (TPSA) is 0 Å². The Bertz CT molecular complexity index is 420. The van der Waals surface area contributed by atoms with Crippen molar-refractivity contribution in [2.45, 2.75) is 32.2 Å². The van der Waals surface area contributed by atoms with Crippen LogP contribution in [0.5, 0.6) is 0 Å². The van der Waals surface area contributed by atoms with Crippen molar-refractivity contribution in [1.82, 2.24) is 0 Å². The number of hydrogen-bond acceptors (Lipinski definition) is 0. The zero-order chi connectivity index (χ0) is 12.6. The number of fused-ring (bicyclic) bond motifs is 2. The predicted molar refractivity (Wildman–Crippen MR) is 87.6 cm³/mol. The molecule has 0 N–H and O–H groups in total. The van der Waals surface area contributed by atoms with Crippen molar-refractivity contribution in [2.75, 3.05) is 0 Å². The summed E-state index contributed by atoms with van der Waals surface area (Å²) in [7, 11) is 0. The summed E-state index contributed by atoms with van der Waals surface area (Å²) in [5.74, 6) is 3.41. The van der Waals surface area contributed by atoms with Crippen molar-refractivity contribution < 1.29 is 0 Å². The summed E-state index contributed by atoms with van der Waals surface area (Å²) < 4.78 is 0.543. The molecule has 4 heteroatoms. The lowest BCUT2D eigenvalue weighted by Crippen LogP contribution is -2.51. The van der Waals surface area contributed by atoms with Crippen LogP contribution in [0, 0.1) is 34.5 Å². The van der Waals surface area contributed by atoms with Gasteiger partial charge >= 0.3 is 0 Å². The molecule has 6 atom stereocenters. The zero-order valence-corrected chi connectivity index (χ0v) is 16.1. The first-order chi connectivity index (χ1) is 8.33. The van der Waals surface area contributed by atoms with E-state index >= 15 is 0 Å². The smallest absolute Gasteiger partial charge is 0.0808 e. The summed E-state index contributed by atoms with van der Waals surface area (Å²) in [6.07, 6.45) is 10.7. The fourth-order valence-electron chi connectivity index (χ4n) is 5.41. The molecule has 0 aromatic rings. The first-order valence-corrected chi connectivity index (χ1v) is 9.96. The minimum atomic E-state index is 0.271. The molecule has 5 aliphatic rings. The molecule has 0 bridgehead atoms. The average Bonchev–Trinajstić information content (AvgIpc) is 2.99. The Kier molecular flexibility index (Phi) is 2.07. The first kappa shape index (κ1) is 12.2. The molecule has 2 unspecified atom stereocenters. The number of halogens is 4. The highest BCUT2D eigenvalue weighted by Gasteiger charge is 2.79. The van der Waals surface area contributed by atoms with Crippen LogP contribution in [0.1, 0.15) is 25.7 Å². The second-order valence-electron chi connectivity index (χ2n) is 7.24. The third-order valence-electron chi connectivity index (χ3n) is 6.78. The molecule has 98 valence electrons. The van der Waals surface area contributed by atoms with Crippen molar-refractivity contribution >= 4 is 63.7 Å². The van der Waals surface area contributed by atoms with E-state index in [2.05, 4.69) is 75.9 Å². The van der Waals surface area contributed by atoms with E-state index in [0.29, 0.717) is 10.8 Å². The SMILES string of the molecule is BrC1(Br)[C@@H]2CC34C=CC3(C[C@H]21)C[C@H]1[C@@H](C4)C1(Br)Br. The van der Waals surface area contributed by atoms with Crippen LogP contribution in [-0.2, 0) is 0 Å². The minimum Gasteiger partial charge on any atom is -0.0808 e. The Balaban J connectivity index is 1.55. The van der Waals surface area contributed by atoms with Crippen LogP contribution < -0.4 is 0 Å². The summed E-state index contributed by atoms with van der Waals surface area (Å²) >= 11 is 15.6. The number of rotatable bonds is 0. The first-order valence-electron chi connectivity index (χ1n) is 6.79. The van der Waals surface area contributed by atoms with Crippen LogP contribution in [0.2, 0.25) is 0 Å². The summed E-state index contributed by atoms with van der Waals surface area (Å²) in [5.41, 5.74) is 1.06. The molecule has 0 saturated heterocycles. The Morgan fingerprint density at radius 1 is 0.611 bits per heavy atom. The normalized spacial score (nSPS) is 63.8. The van der Waals surface area contributed by atoms with Crippen molar-refractivity contribution in [1.29, 1.82) is 0 Å². The van der Waals surface area contributed by atoms with Crippen molar-refractivity contribution in [3.63, 3.8) is 0 Å². The molecule has 4 fully saturated rings. The van der Waals surface area contributed by atoms with E-state index in [9.17, 15) is 0 Å². The largest absolute Gasteiger partial charge is 0.0869 e. The zero-order valence-electron chi connectivity index (χ0n) is 9.80.